The number of sulfonamides is 3. The third-order valence-electron chi connectivity index (χ3n) is 14.4. The zero-order valence-electron chi connectivity index (χ0n) is 40.6. The van der Waals surface area contributed by atoms with Gasteiger partial charge >= 0.3 is 0 Å². The number of amides is 7. The van der Waals surface area contributed by atoms with Crippen LogP contribution in [-0.4, -0.2) is 210 Å². The van der Waals surface area contributed by atoms with Crippen LogP contribution in [0.3, 0.4) is 0 Å². The molecular weight excluding hydrogens is 979 g/mol. The fraction of sp³-hybridized carbons (Fsp3) is 0.829. The molecule has 11 N–H and O–H groups in total. The highest BCUT2D eigenvalue weighted by atomic mass is 32.2. The van der Waals surface area contributed by atoms with Gasteiger partial charge in [-0.05, 0) is 41.5 Å². The van der Waals surface area contributed by atoms with E-state index in [1.54, 1.807) is 0 Å². The number of rotatable bonds is 18. The van der Waals surface area contributed by atoms with E-state index in [2.05, 4.69) is 47.9 Å². The van der Waals surface area contributed by atoms with Gasteiger partial charge in [-0.1, -0.05) is 0 Å². The summed E-state index contributed by atoms with van der Waals surface area (Å²) in [7, 11) is -11.6. The lowest BCUT2D eigenvalue weighted by atomic mass is 9.96. The second-order valence-corrected chi connectivity index (χ2v) is 27.6. The van der Waals surface area contributed by atoms with Crippen molar-refractivity contribution in [3.63, 3.8) is 0 Å². The largest absolute Gasteiger partial charge is 0.369 e. The van der Waals surface area contributed by atoms with Crippen molar-refractivity contribution >= 4 is 71.4 Å². The Hall–Kier alpha value is -4.10. The van der Waals surface area contributed by atoms with Gasteiger partial charge in [-0.3, -0.25) is 33.6 Å². The molecule has 0 saturated carbocycles. The normalized spacial score (nSPS) is 32.4. The van der Waals surface area contributed by atoms with Crippen molar-refractivity contribution in [1.82, 2.24) is 60.8 Å². The van der Waals surface area contributed by atoms with E-state index in [9.17, 15) is 58.8 Å². The van der Waals surface area contributed by atoms with Gasteiger partial charge < -0.3 is 53.6 Å². The maximum atomic E-state index is 14.2. The smallest absolute Gasteiger partial charge is 0.226 e. The van der Waals surface area contributed by atoms with Crippen molar-refractivity contribution in [2.75, 3.05) is 78.5 Å². The molecule has 6 saturated heterocycles. The Morgan fingerprint density at radius 1 is 0.400 bits per heavy atom. The number of hydrogen-bond acceptors (Lipinski definition) is 16. The zero-order chi connectivity index (χ0) is 51.8. The Kier molecular flexibility index (Phi) is 17.3. The number of nitrogens with one attached hydrogen (secondary N) is 9. The quantitative estimate of drug-likeness (QED) is 0.0610. The van der Waals surface area contributed by atoms with Crippen LogP contribution in [0.5, 0.6) is 0 Å². The van der Waals surface area contributed by atoms with E-state index < -0.39 is 153 Å². The first-order valence-electron chi connectivity index (χ1n) is 23.8. The third kappa shape index (κ3) is 11.9. The molecule has 6 aliphatic rings. The van der Waals surface area contributed by atoms with Gasteiger partial charge in [-0.2, -0.15) is 12.9 Å². The van der Waals surface area contributed by atoms with Gasteiger partial charge in [-0.15, -0.1) is 0 Å². The van der Waals surface area contributed by atoms with Crippen molar-refractivity contribution in [2.45, 2.75) is 100 Å². The van der Waals surface area contributed by atoms with Crippen LogP contribution in [0.15, 0.2) is 0 Å². The first-order chi connectivity index (χ1) is 32.6. The third-order valence-corrected chi connectivity index (χ3v) is 21.1. The SMILES string of the molecule is CC(=O)N[C@@H]1CNC[C@H]1C(=O)N[C@@H]1CN(S(=O)(=O)C(C)C)C[C@H]1C(=O)N[C@@H]1CNC[C@H]1C(=O)N[C@@H]1CN(S(=O)(=O)C(C)C)C[C@H]1C(=O)N[C@@H]1CNC[C@H]1C(=O)N[C@@H]1CN(S(=O)(=O)C(C)C)C[C@H]1C(N)=O. The molecule has 0 aliphatic carbocycles. The molecule has 0 radical (unpaired) electrons. The van der Waals surface area contributed by atoms with E-state index in [0.29, 0.717) is 6.54 Å². The predicted molar refractivity (Wildman–Crippen MR) is 253 cm³/mol. The minimum atomic E-state index is -3.94. The maximum absolute atomic E-state index is 14.2. The van der Waals surface area contributed by atoms with Gasteiger partial charge in [0.1, 0.15) is 0 Å². The zero-order valence-corrected chi connectivity index (χ0v) is 43.0. The predicted octanol–water partition coefficient (Wildman–Crippen LogP) is -6.93. The summed E-state index contributed by atoms with van der Waals surface area (Å²) in [6, 6.07) is -5.14. The van der Waals surface area contributed by atoms with Crippen molar-refractivity contribution in [3.8, 4) is 0 Å². The van der Waals surface area contributed by atoms with Gasteiger partial charge in [-0.25, -0.2) is 25.3 Å². The van der Waals surface area contributed by atoms with E-state index in [1.807, 2.05) is 0 Å². The maximum Gasteiger partial charge on any atom is 0.226 e. The van der Waals surface area contributed by atoms with Gasteiger partial charge in [0.25, 0.3) is 0 Å². The number of nitrogens with two attached hydrogens (primary N) is 1. The highest BCUT2D eigenvalue weighted by Crippen LogP contribution is 2.28. The van der Waals surface area contributed by atoms with Crippen molar-refractivity contribution in [1.29, 1.82) is 0 Å². The van der Waals surface area contributed by atoms with Crippen LogP contribution in [0.1, 0.15) is 48.5 Å². The molecule has 0 bridgehead atoms. The summed E-state index contributed by atoms with van der Waals surface area (Å²) in [4.78, 5) is 94.2. The van der Waals surface area contributed by atoms with Crippen LogP contribution in [0, 0.1) is 35.5 Å². The molecule has 70 heavy (non-hydrogen) atoms. The molecule has 0 spiro atoms. The molecule has 7 amide bonds. The lowest BCUT2D eigenvalue weighted by Crippen LogP contribution is -2.56. The Morgan fingerprint density at radius 3 is 0.943 bits per heavy atom. The van der Waals surface area contributed by atoms with Gasteiger partial charge in [0.15, 0.2) is 0 Å². The summed E-state index contributed by atoms with van der Waals surface area (Å²) >= 11 is 0. The monoisotopic (exact) mass is 1050 g/mol. The molecule has 29 heteroatoms. The van der Waals surface area contributed by atoms with Crippen LogP contribution >= 0.6 is 0 Å². The second-order valence-electron chi connectivity index (χ2n) is 20.1. The first-order valence-corrected chi connectivity index (χ1v) is 28.3. The van der Waals surface area contributed by atoms with Crippen molar-refractivity contribution < 1.29 is 58.8 Å². The second kappa shape index (κ2) is 21.9. The molecule has 6 aliphatic heterocycles. The number of primary amides is 1. The Balaban J connectivity index is 1.14. The lowest BCUT2D eigenvalue weighted by Gasteiger charge is -2.28. The minimum absolute atomic E-state index is 0.0789. The van der Waals surface area contributed by atoms with Crippen LogP contribution in [-0.2, 0) is 63.6 Å². The summed E-state index contributed by atoms with van der Waals surface area (Å²) in [6.45, 7) is 9.95. The lowest BCUT2D eigenvalue weighted by molar-refractivity contribution is -0.130. The van der Waals surface area contributed by atoms with Gasteiger partial charge in [0, 0.05) is 85.5 Å². The molecule has 0 aromatic heterocycles. The van der Waals surface area contributed by atoms with E-state index in [1.165, 1.54) is 48.5 Å². The van der Waals surface area contributed by atoms with Crippen LogP contribution in [0.4, 0.5) is 0 Å². The highest BCUT2D eigenvalue weighted by Gasteiger charge is 2.50. The summed E-state index contributed by atoms with van der Waals surface area (Å²) in [5, 5.41) is 23.7. The number of nitrogens with zero attached hydrogens (tertiary/aromatic N) is 3. The molecule has 396 valence electrons. The molecule has 0 aromatic carbocycles. The molecule has 12 atom stereocenters. The van der Waals surface area contributed by atoms with Crippen LogP contribution in [0.25, 0.3) is 0 Å². The van der Waals surface area contributed by atoms with Gasteiger partial charge in [0.2, 0.25) is 71.4 Å². The first kappa shape index (κ1) is 55.2. The summed E-state index contributed by atoms with van der Waals surface area (Å²) in [5.41, 5.74) is 5.62. The fourth-order valence-electron chi connectivity index (χ4n) is 10.1. The molecular formula is C41H71N13O13S3. The number of carbonyl (C=O) groups excluding carboxylic acids is 7. The number of hydrogen-bond donors (Lipinski definition) is 10. The summed E-state index contributed by atoms with van der Waals surface area (Å²) in [6.07, 6.45) is 0. The van der Waals surface area contributed by atoms with Crippen LogP contribution < -0.4 is 53.6 Å². The highest BCUT2D eigenvalue weighted by molar-refractivity contribution is 7.90. The molecule has 0 aromatic rings. The number of carbonyl (C=O) groups is 7. The average Bonchev–Trinajstić information content (AvgIpc) is 4.12. The van der Waals surface area contributed by atoms with Gasteiger partial charge in [0.05, 0.1) is 87.5 Å². The average molecular weight is 1050 g/mol. The van der Waals surface area contributed by atoms with E-state index in [4.69, 9.17) is 5.73 Å². The van der Waals surface area contributed by atoms with E-state index >= 15 is 0 Å². The fourth-order valence-corrected chi connectivity index (χ4v) is 14.1. The Bertz CT molecular complexity index is 2370. The standard InChI is InChI=1S/C41H71N13O13S3/c1-20(2)68(62,63)52-14-27(36(42)56)33(17-52)49-38(58)25-9-44-12-31(25)47-41(61)29-16-54(70(66,67)22(5)6)19-35(29)51-39(59)26-10-45-13-32(26)48-40(60)28-15-53(69(64,65)21(3)4)18-34(28)50-37(57)24-8-43-11-30(24)46-23(7)55/h20-22,24-35,43-45H,8-19H2,1-7H3,(H2,42,56)(H,46,55)(H,47,61)(H,48,60)(H,49,58)(H,50,57)(H,51,59)/t24-,25-,26-,27-,28-,29-,30-,31-,32-,33-,34-,35-/m1/s1. The van der Waals surface area contributed by atoms with E-state index in [0.717, 1.165) is 12.9 Å². The minimum Gasteiger partial charge on any atom is -0.369 e. The Labute approximate surface area is 409 Å². The summed E-state index contributed by atoms with van der Waals surface area (Å²) in [5.74, 6) is -9.75. The topological polar surface area (TPSA) is 366 Å². The molecule has 26 nitrogen and oxygen atoms in total. The van der Waals surface area contributed by atoms with Crippen molar-refractivity contribution in [2.24, 2.45) is 41.2 Å². The van der Waals surface area contributed by atoms with Crippen LogP contribution in [0.2, 0.25) is 0 Å². The summed E-state index contributed by atoms with van der Waals surface area (Å²) < 4.78 is 82.9. The molecule has 0 unspecified atom stereocenters. The molecule has 6 heterocycles. The molecule has 6 rings (SSSR count). The molecule has 6 fully saturated rings. The Morgan fingerprint density at radius 2 is 0.657 bits per heavy atom. The van der Waals surface area contributed by atoms with E-state index in [-0.39, 0.29) is 77.9 Å². The van der Waals surface area contributed by atoms with Crippen molar-refractivity contribution in [3.05, 3.63) is 0 Å².